The zero-order chi connectivity index (χ0) is 14.0. The Bertz CT molecular complexity index is 331. The monoisotopic (exact) mass is 261 g/mol. The first-order chi connectivity index (χ1) is 8.25. The summed E-state index contributed by atoms with van der Waals surface area (Å²) in [6, 6.07) is -3.25. The average molecular weight is 261 g/mol. The van der Waals surface area contributed by atoms with Gasteiger partial charge in [0.05, 0.1) is 11.8 Å². The van der Waals surface area contributed by atoms with Gasteiger partial charge in [-0.2, -0.15) is 0 Å². The van der Waals surface area contributed by atoms with E-state index in [1.165, 1.54) is 0 Å². The molecule has 9 nitrogen and oxygen atoms in total. The molecule has 100 valence electrons. The van der Waals surface area contributed by atoms with Crippen LogP contribution in [-0.4, -0.2) is 56.4 Å². The minimum absolute atomic E-state index is 0.550. The molecule has 0 amide bonds. The van der Waals surface area contributed by atoms with Crippen LogP contribution in [0.25, 0.3) is 0 Å². The number of carboxylic acid groups (broad SMARTS) is 4. The minimum atomic E-state index is -1.63. The van der Waals surface area contributed by atoms with Gasteiger partial charge < -0.3 is 20.4 Å². The Morgan fingerprint density at radius 2 is 1.06 bits per heavy atom. The van der Waals surface area contributed by atoms with E-state index >= 15 is 0 Å². The molecule has 5 N–H and O–H groups in total. The van der Waals surface area contributed by atoms with E-state index in [1.54, 1.807) is 0 Å². The lowest BCUT2D eigenvalue weighted by Crippen LogP contribution is -2.61. The third-order valence-corrected chi connectivity index (χ3v) is 2.84. The van der Waals surface area contributed by atoms with E-state index < -0.39 is 54.2 Å². The van der Waals surface area contributed by atoms with Gasteiger partial charge in [0, 0.05) is 0 Å². The fourth-order valence-corrected chi connectivity index (χ4v) is 1.95. The summed E-state index contributed by atoms with van der Waals surface area (Å²) in [6.45, 7) is 0. The second-order valence-electron chi connectivity index (χ2n) is 3.92. The molecule has 4 atom stereocenters. The molecule has 0 aliphatic carbocycles. The topological polar surface area (TPSA) is 161 Å². The molecule has 0 saturated carbocycles. The summed E-state index contributed by atoms with van der Waals surface area (Å²) in [4.78, 5) is 43.4. The fraction of sp³-hybridized carbons (Fsp3) is 0.556. The van der Waals surface area contributed by atoms with Gasteiger partial charge in [0.15, 0.2) is 0 Å². The largest absolute Gasteiger partial charge is 0.481 e. The predicted octanol–water partition coefficient (Wildman–Crippen LogP) is -1.71. The molecule has 0 aromatic rings. The highest BCUT2D eigenvalue weighted by Crippen LogP contribution is 2.26. The van der Waals surface area contributed by atoms with Crippen LogP contribution in [0.5, 0.6) is 0 Å². The Balaban J connectivity index is 3.06. The standard InChI is InChI=1S/C9H11NO8/c11-6(12)2-1-3(7(13)14)5(9(17)18)10-4(2)8(15)16/h2-5,10H,1H2,(H,11,12)(H,13,14)(H,15,16)(H,17,18). The van der Waals surface area contributed by atoms with Gasteiger partial charge in [0.25, 0.3) is 0 Å². The molecule has 4 unspecified atom stereocenters. The van der Waals surface area contributed by atoms with Crippen LogP contribution in [0.15, 0.2) is 0 Å². The van der Waals surface area contributed by atoms with E-state index in [4.69, 9.17) is 20.4 Å². The van der Waals surface area contributed by atoms with Gasteiger partial charge in [-0.25, -0.2) is 0 Å². The van der Waals surface area contributed by atoms with E-state index in [-0.39, 0.29) is 0 Å². The highest BCUT2D eigenvalue weighted by atomic mass is 16.4. The van der Waals surface area contributed by atoms with Crippen LogP contribution in [-0.2, 0) is 19.2 Å². The molecule has 1 saturated heterocycles. The van der Waals surface area contributed by atoms with Crippen LogP contribution in [0.1, 0.15) is 6.42 Å². The average Bonchev–Trinajstić information content (AvgIpc) is 2.26. The van der Waals surface area contributed by atoms with Crippen LogP contribution in [0.4, 0.5) is 0 Å². The summed E-state index contributed by atoms with van der Waals surface area (Å²) >= 11 is 0. The Morgan fingerprint density at radius 1 is 0.722 bits per heavy atom. The van der Waals surface area contributed by atoms with E-state index in [0.717, 1.165) is 0 Å². The molecule has 1 aliphatic heterocycles. The lowest BCUT2D eigenvalue weighted by Gasteiger charge is -2.34. The van der Waals surface area contributed by atoms with Gasteiger partial charge in [-0.1, -0.05) is 0 Å². The zero-order valence-electron chi connectivity index (χ0n) is 8.94. The number of piperidine rings is 1. The maximum atomic E-state index is 10.9. The summed E-state index contributed by atoms with van der Waals surface area (Å²) in [5.41, 5.74) is 0. The first-order valence-electron chi connectivity index (χ1n) is 4.93. The highest BCUT2D eigenvalue weighted by Gasteiger charge is 2.48. The van der Waals surface area contributed by atoms with E-state index in [0.29, 0.717) is 0 Å². The molecule has 1 aliphatic rings. The molecule has 0 aromatic heterocycles. The van der Waals surface area contributed by atoms with Crippen molar-refractivity contribution in [2.45, 2.75) is 18.5 Å². The maximum absolute atomic E-state index is 10.9. The van der Waals surface area contributed by atoms with Crippen LogP contribution in [0.3, 0.4) is 0 Å². The van der Waals surface area contributed by atoms with Crippen molar-refractivity contribution in [2.24, 2.45) is 11.8 Å². The quantitative estimate of drug-likeness (QED) is 0.396. The summed E-state index contributed by atoms with van der Waals surface area (Å²) in [5.74, 6) is -9.00. The SMILES string of the molecule is O=C(O)C1CC(C(=O)O)C(C(=O)O)NC1C(=O)O. The molecule has 0 aromatic carbocycles. The van der Waals surface area contributed by atoms with Crippen molar-refractivity contribution in [3.05, 3.63) is 0 Å². The summed E-state index contributed by atoms with van der Waals surface area (Å²) < 4.78 is 0. The normalized spacial score (nSPS) is 31.6. The number of carbonyl (C=O) groups is 4. The Hall–Kier alpha value is -2.16. The Morgan fingerprint density at radius 3 is 1.28 bits per heavy atom. The van der Waals surface area contributed by atoms with Crippen LogP contribution < -0.4 is 5.32 Å². The smallest absolute Gasteiger partial charge is 0.321 e. The van der Waals surface area contributed by atoms with E-state index in [9.17, 15) is 19.2 Å². The van der Waals surface area contributed by atoms with Crippen LogP contribution in [0.2, 0.25) is 0 Å². The van der Waals surface area contributed by atoms with E-state index in [2.05, 4.69) is 5.32 Å². The molecule has 9 heteroatoms. The third kappa shape index (κ3) is 2.56. The number of rotatable bonds is 4. The molecule has 0 spiro atoms. The molecular weight excluding hydrogens is 250 g/mol. The van der Waals surface area contributed by atoms with Gasteiger partial charge >= 0.3 is 23.9 Å². The van der Waals surface area contributed by atoms with E-state index in [1.807, 2.05) is 0 Å². The Kier molecular flexibility index (Phi) is 3.86. The summed E-state index contributed by atoms with van der Waals surface area (Å²) in [6.07, 6.45) is -0.550. The van der Waals surface area contributed by atoms with Crippen molar-refractivity contribution in [1.82, 2.24) is 5.32 Å². The van der Waals surface area contributed by atoms with Crippen molar-refractivity contribution in [3.8, 4) is 0 Å². The van der Waals surface area contributed by atoms with Crippen molar-refractivity contribution in [1.29, 1.82) is 0 Å². The Labute approximate surface area is 100 Å². The van der Waals surface area contributed by atoms with Crippen molar-refractivity contribution in [2.75, 3.05) is 0 Å². The molecule has 0 bridgehead atoms. The number of nitrogens with one attached hydrogen (secondary N) is 1. The molecule has 1 fully saturated rings. The van der Waals surface area contributed by atoms with Gasteiger partial charge in [-0.05, 0) is 6.42 Å². The van der Waals surface area contributed by atoms with Gasteiger partial charge in [-0.15, -0.1) is 0 Å². The summed E-state index contributed by atoms with van der Waals surface area (Å²) in [7, 11) is 0. The second kappa shape index (κ2) is 5.00. The number of aliphatic carboxylic acids is 4. The molecule has 18 heavy (non-hydrogen) atoms. The number of hydrogen-bond acceptors (Lipinski definition) is 5. The van der Waals surface area contributed by atoms with Crippen molar-refractivity contribution in [3.63, 3.8) is 0 Å². The van der Waals surface area contributed by atoms with Gasteiger partial charge in [0.1, 0.15) is 12.1 Å². The highest BCUT2D eigenvalue weighted by molar-refractivity contribution is 5.88. The predicted molar refractivity (Wildman–Crippen MR) is 52.9 cm³/mol. The zero-order valence-corrected chi connectivity index (χ0v) is 8.94. The van der Waals surface area contributed by atoms with Crippen LogP contribution in [0, 0.1) is 11.8 Å². The molecule has 1 rings (SSSR count). The van der Waals surface area contributed by atoms with Crippen molar-refractivity contribution >= 4 is 23.9 Å². The minimum Gasteiger partial charge on any atom is -0.481 e. The third-order valence-electron chi connectivity index (χ3n) is 2.84. The lowest BCUT2D eigenvalue weighted by atomic mass is 9.80. The van der Waals surface area contributed by atoms with Crippen LogP contribution >= 0.6 is 0 Å². The first kappa shape index (κ1) is 13.9. The number of hydrogen-bond donors (Lipinski definition) is 5. The van der Waals surface area contributed by atoms with Crippen molar-refractivity contribution < 1.29 is 39.6 Å². The maximum Gasteiger partial charge on any atom is 0.321 e. The van der Waals surface area contributed by atoms with Gasteiger partial charge in [0.2, 0.25) is 0 Å². The first-order valence-corrected chi connectivity index (χ1v) is 4.93. The molecule has 1 heterocycles. The van der Waals surface area contributed by atoms with Gasteiger partial charge in [-0.3, -0.25) is 24.5 Å². The fourth-order valence-electron chi connectivity index (χ4n) is 1.95. The summed E-state index contributed by atoms with van der Waals surface area (Å²) in [5, 5.41) is 37.4. The molecular formula is C9H11NO8. The number of carboxylic acids is 4. The molecule has 0 radical (unpaired) electrons. The second-order valence-corrected chi connectivity index (χ2v) is 3.92. The lowest BCUT2D eigenvalue weighted by molar-refractivity contribution is -0.162.